The van der Waals surface area contributed by atoms with Crippen molar-refractivity contribution in [3.8, 4) is 5.69 Å². The summed E-state index contributed by atoms with van der Waals surface area (Å²) in [6.07, 6.45) is 0.692. The van der Waals surface area contributed by atoms with Crippen molar-refractivity contribution in [2.75, 3.05) is 0 Å². The Morgan fingerprint density at radius 3 is 2.47 bits per heavy atom. The molecule has 166 valence electrons. The van der Waals surface area contributed by atoms with Gasteiger partial charge < -0.3 is 4.98 Å². The molecule has 0 aliphatic heterocycles. The highest BCUT2D eigenvalue weighted by molar-refractivity contribution is 7.98. The number of aromatic nitrogens is 4. The topological polar surface area (TPSA) is 46.5 Å². The first kappa shape index (κ1) is 20.8. The van der Waals surface area contributed by atoms with Crippen LogP contribution in [0.2, 0.25) is 0 Å². The van der Waals surface area contributed by atoms with Crippen LogP contribution in [-0.2, 0) is 12.2 Å². The van der Waals surface area contributed by atoms with E-state index in [4.69, 9.17) is 0 Å². The predicted octanol–water partition coefficient (Wildman–Crippen LogP) is 7.09. The Hall–Kier alpha value is -3.83. The lowest BCUT2D eigenvalue weighted by atomic mass is 10.1. The van der Waals surface area contributed by atoms with E-state index in [1.807, 2.05) is 6.07 Å². The first-order valence-corrected chi connectivity index (χ1v) is 12.4. The maximum Gasteiger partial charge on any atom is 0.196 e. The third-order valence-corrected chi connectivity index (χ3v) is 7.14. The molecule has 2 heterocycles. The molecule has 0 bridgehead atoms. The number of hydrogen-bond donors (Lipinski definition) is 1. The minimum absolute atomic E-state index is 0.692. The molecular formula is C29H24N4S. The number of nitrogens with zero attached hydrogens (tertiary/aromatic N) is 3. The highest BCUT2D eigenvalue weighted by Crippen LogP contribution is 2.30. The smallest absolute Gasteiger partial charge is 0.196 e. The van der Waals surface area contributed by atoms with Gasteiger partial charge in [0.05, 0.1) is 5.52 Å². The van der Waals surface area contributed by atoms with Gasteiger partial charge in [-0.25, -0.2) is 0 Å². The van der Waals surface area contributed by atoms with Gasteiger partial charge in [0, 0.05) is 34.2 Å². The van der Waals surface area contributed by atoms with Crippen molar-refractivity contribution in [2.45, 2.75) is 24.3 Å². The van der Waals surface area contributed by atoms with Gasteiger partial charge in [-0.1, -0.05) is 96.2 Å². The fourth-order valence-corrected chi connectivity index (χ4v) is 5.46. The number of benzene rings is 4. The molecule has 0 unspecified atom stereocenters. The summed E-state index contributed by atoms with van der Waals surface area (Å²) in [5.41, 5.74) is 7.18. The summed E-state index contributed by atoms with van der Waals surface area (Å²) < 4.78 is 2.20. The average Bonchev–Trinajstić information content (AvgIpc) is 3.45. The van der Waals surface area contributed by atoms with Crippen LogP contribution >= 0.6 is 11.8 Å². The Balaban J connectivity index is 1.40. The van der Waals surface area contributed by atoms with Crippen molar-refractivity contribution < 1.29 is 0 Å². The van der Waals surface area contributed by atoms with E-state index in [1.54, 1.807) is 11.8 Å². The van der Waals surface area contributed by atoms with Crippen LogP contribution in [0.15, 0.2) is 102 Å². The summed E-state index contributed by atoms with van der Waals surface area (Å²) in [6, 6.07) is 34.0. The lowest BCUT2D eigenvalue weighted by Gasteiger charge is -2.11. The molecule has 0 aliphatic rings. The minimum atomic E-state index is 0.692. The number of fused-ring (bicyclic) bond motifs is 3. The summed E-state index contributed by atoms with van der Waals surface area (Å²) in [6.45, 7) is 2.13. The number of aryl methyl sites for hydroxylation is 1. The molecule has 4 nitrogen and oxygen atoms in total. The van der Waals surface area contributed by atoms with E-state index >= 15 is 0 Å². The zero-order chi connectivity index (χ0) is 22.9. The summed E-state index contributed by atoms with van der Waals surface area (Å²) in [5.74, 6) is 1.79. The normalized spacial score (nSPS) is 11.4. The monoisotopic (exact) mass is 460 g/mol. The molecule has 0 spiro atoms. The van der Waals surface area contributed by atoms with E-state index in [9.17, 15) is 0 Å². The fraction of sp³-hybridized carbons (Fsp3) is 0.103. The van der Waals surface area contributed by atoms with Gasteiger partial charge in [-0.05, 0) is 36.2 Å². The second-order valence-corrected chi connectivity index (χ2v) is 9.48. The van der Waals surface area contributed by atoms with E-state index in [0.717, 1.165) is 27.9 Å². The van der Waals surface area contributed by atoms with Crippen LogP contribution in [0.25, 0.3) is 27.5 Å². The Kier molecular flexibility index (Phi) is 5.40. The van der Waals surface area contributed by atoms with Crippen molar-refractivity contribution in [1.29, 1.82) is 0 Å². The number of nitrogens with one attached hydrogen (secondary N) is 1. The molecule has 6 rings (SSSR count). The van der Waals surface area contributed by atoms with Gasteiger partial charge >= 0.3 is 0 Å². The first-order valence-electron chi connectivity index (χ1n) is 11.4. The van der Waals surface area contributed by atoms with Gasteiger partial charge in [0.1, 0.15) is 5.82 Å². The van der Waals surface area contributed by atoms with Crippen molar-refractivity contribution >= 4 is 33.6 Å². The zero-order valence-corrected chi connectivity index (χ0v) is 19.7. The molecule has 5 heteroatoms. The molecule has 0 radical (unpaired) electrons. The van der Waals surface area contributed by atoms with Gasteiger partial charge in [0.15, 0.2) is 5.16 Å². The molecule has 0 amide bonds. The van der Waals surface area contributed by atoms with Crippen LogP contribution in [0.5, 0.6) is 0 Å². The van der Waals surface area contributed by atoms with Crippen LogP contribution in [0.3, 0.4) is 0 Å². The van der Waals surface area contributed by atoms with Gasteiger partial charge in [-0.2, -0.15) is 0 Å². The van der Waals surface area contributed by atoms with Gasteiger partial charge in [0.25, 0.3) is 0 Å². The Morgan fingerprint density at radius 2 is 1.59 bits per heavy atom. The van der Waals surface area contributed by atoms with Gasteiger partial charge in [-0.3, -0.25) is 4.57 Å². The van der Waals surface area contributed by atoms with E-state index in [0.29, 0.717) is 6.42 Å². The van der Waals surface area contributed by atoms with Crippen molar-refractivity contribution in [3.63, 3.8) is 0 Å². The van der Waals surface area contributed by atoms with E-state index in [2.05, 4.69) is 118 Å². The quantitative estimate of drug-likeness (QED) is 0.270. The second-order valence-electron chi connectivity index (χ2n) is 8.53. The lowest BCUT2D eigenvalue weighted by molar-refractivity contribution is 0.849. The molecule has 0 aliphatic carbocycles. The maximum atomic E-state index is 4.66. The van der Waals surface area contributed by atoms with Crippen molar-refractivity contribution in [1.82, 2.24) is 19.7 Å². The second kappa shape index (κ2) is 8.84. The van der Waals surface area contributed by atoms with Crippen LogP contribution < -0.4 is 0 Å². The molecule has 4 aromatic carbocycles. The summed E-state index contributed by atoms with van der Waals surface area (Å²) in [5, 5.41) is 12.7. The maximum absolute atomic E-state index is 4.66. The number of aromatic amines is 1. The summed E-state index contributed by atoms with van der Waals surface area (Å²) in [7, 11) is 0. The highest BCUT2D eigenvalue weighted by atomic mass is 32.2. The predicted molar refractivity (Wildman–Crippen MR) is 141 cm³/mol. The molecule has 0 saturated carbocycles. The SMILES string of the molecule is Cc1cccc(CSc2nnc(Cc3cccc4c3[nH]c3ccccc34)n2-c2ccccc2)c1. The Labute approximate surface area is 202 Å². The molecule has 34 heavy (non-hydrogen) atoms. The molecule has 2 aromatic heterocycles. The van der Waals surface area contributed by atoms with Crippen LogP contribution in [-0.4, -0.2) is 19.7 Å². The molecule has 0 fully saturated rings. The molecule has 6 aromatic rings. The number of hydrogen-bond acceptors (Lipinski definition) is 3. The molecule has 0 atom stereocenters. The fourth-order valence-electron chi connectivity index (χ4n) is 4.55. The van der Waals surface area contributed by atoms with Crippen LogP contribution in [0, 0.1) is 6.92 Å². The van der Waals surface area contributed by atoms with E-state index in [1.165, 1.54) is 33.0 Å². The van der Waals surface area contributed by atoms with Crippen LogP contribution in [0.1, 0.15) is 22.5 Å². The van der Waals surface area contributed by atoms with E-state index in [-0.39, 0.29) is 0 Å². The number of para-hydroxylation sites is 3. The number of H-pyrrole nitrogens is 1. The van der Waals surface area contributed by atoms with Crippen LogP contribution in [0.4, 0.5) is 0 Å². The van der Waals surface area contributed by atoms with Gasteiger partial charge in [0.2, 0.25) is 0 Å². The largest absolute Gasteiger partial charge is 0.354 e. The van der Waals surface area contributed by atoms with Gasteiger partial charge in [-0.15, -0.1) is 10.2 Å². The third-order valence-electron chi connectivity index (χ3n) is 6.14. The Morgan fingerprint density at radius 1 is 0.794 bits per heavy atom. The summed E-state index contributed by atoms with van der Waals surface area (Å²) >= 11 is 1.72. The van der Waals surface area contributed by atoms with Crippen molar-refractivity contribution in [2.24, 2.45) is 0 Å². The molecule has 0 saturated heterocycles. The Bertz CT molecular complexity index is 1600. The average molecular weight is 461 g/mol. The van der Waals surface area contributed by atoms with Crippen molar-refractivity contribution in [3.05, 3.63) is 120 Å². The zero-order valence-electron chi connectivity index (χ0n) is 18.9. The first-order chi connectivity index (χ1) is 16.8. The van der Waals surface area contributed by atoms with E-state index < -0.39 is 0 Å². The number of thioether (sulfide) groups is 1. The summed E-state index contributed by atoms with van der Waals surface area (Å²) in [4.78, 5) is 3.62. The highest BCUT2D eigenvalue weighted by Gasteiger charge is 2.17. The molecular weight excluding hydrogens is 436 g/mol. The number of rotatable bonds is 6. The minimum Gasteiger partial charge on any atom is -0.354 e. The molecule has 1 N–H and O–H groups in total. The standard InChI is InChI=1S/C29H24N4S/c1-20-9-7-10-21(17-20)19-34-29-32-31-27(33(29)23-12-3-2-4-13-23)18-22-11-8-15-25-24-14-5-6-16-26(24)30-28(22)25/h2-17,30H,18-19H2,1H3. The third kappa shape index (κ3) is 3.88. The lowest BCUT2D eigenvalue weighted by Crippen LogP contribution is -2.04.